The first-order valence-electron chi connectivity index (χ1n) is 5.36. The summed E-state index contributed by atoms with van der Waals surface area (Å²) in [6.45, 7) is 0. The average molecular weight is 242 g/mol. The van der Waals surface area contributed by atoms with Crippen molar-refractivity contribution in [3.63, 3.8) is 0 Å². The van der Waals surface area contributed by atoms with Crippen molar-refractivity contribution in [2.75, 3.05) is 7.11 Å². The average Bonchev–Trinajstić information content (AvgIpc) is 2.75. The minimum absolute atomic E-state index is 0.218. The largest absolute Gasteiger partial charge is 0.467 e. The first kappa shape index (κ1) is 10.5. The topological polar surface area (TPSA) is 72.8 Å². The lowest BCUT2D eigenvalue weighted by molar-refractivity contribution is 0.379. The number of aromatic amines is 1. The van der Waals surface area contributed by atoms with Crippen LogP contribution in [0, 0.1) is 0 Å². The molecule has 90 valence electrons. The van der Waals surface area contributed by atoms with E-state index >= 15 is 0 Å². The third-order valence-electron chi connectivity index (χ3n) is 2.64. The van der Waals surface area contributed by atoms with E-state index in [1.807, 2.05) is 24.3 Å². The van der Waals surface area contributed by atoms with Crippen LogP contribution in [0.5, 0.6) is 6.01 Å². The molecular weight excluding hydrogens is 232 g/mol. The highest BCUT2D eigenvalue weighted by Gasteiger charge is 2.08. The maximum absolute atomic E-state index is 11.9. The Morgan fingerprint density at radius 1 is 1.22 bits per heavy atom. The molecule has 0 amide bonds. The molecule has 0 aliphatic carbocycles. The summed E-state index contributed by atoms with van der Waals surface area (Å²) in [6, 6.07) is 7.71. The summed E-state index contributed by atoms with van der Waals surface area (Å²) in [5.74, 6) is 0. The second kappa shape index (κ2) is 3.99. The molecule has 0 unspecified atom stereocenters. The van der Waals surface area contributed by atoms with Crippen LogP contribution >= 0.6 is 0 Å². The number of nitrogens with zero attached hydrogens (tertiary/aromatic N) is 3. The summed E-state index contributed by atoms with van der Waals surface area (Å²) in [4.78, 5) is 22.7. The van der Waals surface area contributed by atoms with E-state index < -0.39 is 0 Å². The highest BCUT2D eigenvalue weighted by Crippen LogP contribution is 2.14. The van der Waals surface area contributed by atoms with E-state index in [1.54, 1.807) is 12.4 Å². The van der Waals surface area contributed by atoms with Crippen molar-refractivity contribution in [2.45, 2.75) is 0 Å². The molecule has 0 bridgehead atoms. The van der Waals surface area contributed by atoms with Gasteiger partial charge >= 0.3 is 11.7 Å². The van der Waals surface area contributed by atoms with Gasteiger partial charge in [-0.3, -0.25) is 4.57 Å². The normalized spacial score (nSPS) is 10.7. The van der Waals surface area contributed by atoms with Crippen LogP contribution in [-0.4, -0.2) is 26.6 Å². The molecule has 0 radical (unpaired) electrons. The van der Waals surface area contributed by atoms with Crippen molar-refractivity contribution in [1.82, 2.24) is 19.5 Å². The number of hydrogen-bond acceptors (Lipinski definition) is 4. The molecule has 0 saturated heterocycles. The fraction of sp³-hybridized carbons (Fsp3) is 0.0833. The molecule has 6 heteroatoms. The number of methoxy groups -OCH3 is 1. The lowest BCUT2D eigenvalue weighted by Gasteiger charge is -2.02. The van der Waals surface area contributed by atoms with Crippen molar-refractivity contribution < 1.29 is 4.74 Å². The van der Waals surface area contributed by atoms with Crippen LogP contribution in [0.4, 0.5) is 0 Å². The molecule has 2 aromatic heterocycles. The summed E-state index contributed by atoms with van der Waals surface area (Å²) in [5, 5.41) is 0. The predicted molar refractivity (Wildman–Crippen MR) is 66.0 cm³/mol. The SMILES string of the molecule is COc1ncc(-n2c(=O)[nH]c3ccccc32)cn1. The number of para-hydroxylation sites is 2. The predicted octanol–water partition coefficient (Wildman–Crippen LogP) is 1.12. The van der Waals surface area contributed by atoms with E-state index in [4.69, 9.17) is 4.74 Å². The van der Waals surface area contributed by atoms with Crippen LogP contribution in [0.1, 0.15) is 0 Å². The van der Waals surface area contributed by atoms with Crippen molar-refractivity contribution in [1.29, 1.82) is 0 Å². The van der Waals surface area contributed by atoms with E-state index in [0.717, 1.165) is 11.0 Å². The number of fused-ring (bicyclic) bond motifs is 1. The van der Waals surface area contributed by atoms with E-state index in [2.05, 4.69) is 15.0 Å². The molecule has 0 spiro atoms. The third kappa shape index (κ3) is 1.55. The summed E-state index contributed by atoms with van der Waals surface area (Å²) in [5.41, 5.74) is 1.94. The molecule has 3 rings (SSSR count). The summed E-state index contributed by atoms with van der Waals surface area (Å²) >= 11 is 0. The van der Waals surface area contributed by atoms with Crippen LogP contribution in [0.15, 0.2) is 41.5 Å². The number of nitrogens with one attached hydrogen (secondary N) is 1. The Kier molecular flexibility index (Phi) is 2.33. The van der Waals surface area contributed by atoms with Crippen LogP contribution in [-0.2, 0) is 0 Å². The molecule has 1 aromatic carbocycles. The highest BCUT2D eigenvalue weighted by molar-refractivity contribution is 5.76. The molecule has 0 aliphatic heterocycles. The smallest absolute Gasteiger partial charge is 0.331 e. The Hall–Kier alpha value is -2.63. The maximum atomic E-state index is 11.9. The number of benzene rings is 1. The van der Waals surface area contributed by atoms with Crippen molar-refractivity contribution >= 4 is 11.0 Å². The molecule has 3 aromatic rings. The van der Waals surface area contributed by atoms with Gasteiger partial charge in [-0.1, -0.05) is 12.1 Å². The number of H-pyrrole nitrogens is 1. The second-order valence-electron chi connectivity index (χ2n) is 3.71. The van der Waals surface area contributed by atoms with E-state index in [0.29, 0.717) is 5.69 Å². The molecule has 0 fully saturated rings. The molecule has 2 heterocycles. The first-order valence-corrected chi connectivity index (χ1v) is 5.36. The van der Waals surface area contributed by atoms with Gasteiger partial charge in [-0.15, -0.1) is 0 Å². The molecule has 6 nitrogen and oxygen atoms in total. The quantitative estimate of drug-likeness (QED) is 0.730. The van der Waals surface area contributed by atoms with Crippen molar-refractivity contribution in [3.8, 4) is 11.7 Å². The van der Waals surface area contributed by atoms with E-state index in [-0.39, 0.29) is 11.7 Å². The number of rotatable bonds is 2. The molecule has 1 N–H and O–H groups in total. The monoisotopic (exact) mass is 242 g/mol. The van der Waals surface area contributed by atoms with Gasteiger partial charge in [-0.25, -0.2) is 14.8 Å². The van der Waals surface area contributed by atoms with Crippen LogP contribution in [0.2, 0.25) is 0 Å². The highest BCUT2D eigenvalue weighted by atomic mass is 16.5. The summed E-state index contributed by atoms with van der Waals surface area (Å²) < 4.78 is 6.41. The van der Waals surface area contributed by atoms with Crippen molar-refractivity contribution in [3.05, 3.63) is 47.1 Å². The minimum Gasteiger partial charge on any atom is -0.467 e. The van der Waals surface area contributed by atoms with Crippen molar-refractivity contribution in [2.24, 2.45) is 0 Å². The minimum atomic E-state index is -0.218. The molecule has 18 heavy (non-hydrogen) atoms. The molecule has 0 saturated carbocycles. The summed E-state index contributed by atoms with van der Waals surface area (Å²) in [7, 11) is 1.49. The Bertz CT molecular complexity index is 743. The fourth-order valence-electron chi connectivity index (χ4n) is 1.84. The van der Waals surface area contributed by atoms with Gasteiger partial charge in [0.25, 0.3) is 0 Å². The zero-order valence-electron chi connectivity index (χ0n) is 9.62. The van der Waals surface area contributed by atoms with Gasteiger partial charge in [0.15, 0.2) is 0 Å². The Labute approximate surface area is 102 Å². The van der Waals surface area contributed by atoms with Gasteiger partial charge in [-0.2, -0.15) is 0 Å². The Morgan fingerprint density at radius 2 is 1.94 bits per heavy atom. The summed E-state index contributed by atoms with van der Waals surface area (Å²) in [6.07, 6.45) is 3.10. The molecular formula is C12H10N4O2. The first-order chi connectivity index (χ1) is 8.79. The number of ether oxygens (including phenoxy) is 1. The van der Waals surface area contributed by atoms with Gasteiger partial charge in [0, 0.05) is 0 Å². The third-order valence-corrected chi connectivity index (χ3v) is 2.64. The standard InChI is InChI=1S/C12H10N4O2/c1-18-11-13-6-8(7-14-11)16-10-5-3-2-4-9(10)15-12(16)17/h2-7H,1H3,(H,15,17). The lowest BCUT2D eigenvalue weighted by atomic mass is 10.3. The fourth-order valence-corrected chi connectivity index (χ4v) is 1.84. The Morgan fingerprint density at radius 3 is 2.67 bits per heavy atom. The zero-order chi connectivity index (χ0) is 12.5. The van der Waals surface area contributed by atoms with Gasteiger partial charge in [0.2, 0.25) is 0 Å². The number of hydrogen-bond donors (Lipinski definition) is 1. The van der Waals surface area contributed by atoms with E-state index in [9.17, 15) is 4.79 Å². The number of aromatic nitrogens is 4. The zero-order valence-corrected chi connectivity index (χ0v) is 9.62. The lowest BCUT2D eigenvalue weighted by Crippen LogP contribution is -2.15. The van der Waals surface area contributed by atoms with Gasteiger partial charge < -0.3 is 9.72 Å². The second-order valence-corrected chi connectivity index (χ2v) is 3.71. The van der Waals surface area contributed by atoms with Crippen LogP contribution in [0.3, 0.4) is 0 Å². The van der Waals surface area contributed by atoms with Gasteiger partial charge in [-0.05, 0) is 12.1 Å². The maximum Gasteiger partial charge on any atom is 0.331 e. The van der Waals surface area contributed by atoms with Gasteiger partial charge in [0.1, 0.15) is 0 Å². The number of imidazole rings is 1. The Balaban J connectivity index is 2.24. The molecule has 0 atom stereocenters. The van der Waals surface area contributed by atoms with Crippen LogP contribution < -0.4 is 10.4 Å². The van der Waals surface area contributed by atoms with E-state index in [1.165, 1.54) is 11.7 Å². The van der Waals surface area contributed by atoms with Gasteiger partial charge in [0.05, 0.1) is 36.2 Å². The molecule has 0 aliphatic rings. The van der Waals surface area contributed by atoms with Crippen LogP contribution in [0.25, 0.3) is 16.7 Å².